The SMILES string of the molecule is N#Cc1c2ccccc2c(-c2cc(-c3ccc(-n4c5ccccc5c5cccnc54)nc3)cc(-c3ccncc3)n2)c2ccccc12. The Morgan fingerprint density at radius 3 is 1.89 bits per heavy atom. The molecule has 6 nitrogen and oxygen atoms in total. The molecule has 218 valence electrons. The third-order valence-corrected chi connectivity index (χ3v) is 8.84. The molecule has 47 heavy (non-hydrogen) atoms. The number of hydrogen-bond acceptors (Lipinski definition) is 5. The lowest BCUT2D eigenvalue weighted by atomic mass is 9.89. The lowest BCUT2D eigenvalue weighted by molar-refractivity contribution is 1.06. The third-order valence-electron chi connectivity index (χ3n) is 8.84. The summed E-state index contributed by atoms with van der Waals surface area (Å²) in [6.07, 6.45) is 7.31. The Kier molecular flexibility index (Phi) is 6.09. The van der Waals surface area contributed by atoms with E-state index in [2.05, 4.69) is 76.3 Å². The number of pyridine rings is 4. The molecule has 0 atom stereocenters. The van der Waals surface area contributed by atoms with Gasteiger partial charge in [-0.1, -0.05) is 66.7 Å². The monoisotopic (exact) mass is 600 g/mol. The summed E-state index contributed by atoms with van der Waals surface area (Å²) in [6, 6.07) is 43.4. The van der Waals surface area contributed by atoms with Crippen LogP contribution in [0.1, 0.15) is 5.56 Å². The maximum Gasteiger partial charge on any atom is 0.146 e. The molecule has 9 rings (SSSR count). The van der Waals surface area contributed by atoms with Gasteiger partial charge in [0.05, 0.1) is 22.5 Å². The predicted octanol–water partition coefficient (Wildman–Crippen LogP) is 9.54. The van der Waals surface area contributed by atoms with Crippen LogP contribution in [-0.2, 0) is 0 Å². The molecule has 4 aromatic carbocycles. The Balaban J connectivity index is 1.27. The molecule has 0 bridgehead atoms. The van der Waals surface area contributed by atoms with Gasteiger partial charge in [0, 0.05) is 63.0 Å². The van der Waals surface area contributed by atoms with Crippen LogP contribution in [0.3, 0.4) is 0 Å². The van der Waals surface area contributed by atoms with E-state index in [1.165, 1.54) is 0 Å². The van der Waals surface area contributed by atoms with E-state index < -0.39 is 0 Å². The second-order valence-corrected chi connectivity index (χ2v) is 11.4. The Labute approximate surface area is 269 Å². The summed E-state index contributed by atoms with van der Waals surface area (Å²) in [6.45, 7) is 0. The Morgan fingerprint density at radius 1 is 0.532 bits per heavy atom. The summed E-state index contributed by atoms with van der Waals surface area (Å²) >= 11 is 0. The van der Waals surface area contributed by atoms with Gasteiger partial charge in [-0.2, -0.15) is 5.26 Å². The maximum atomic E-state index is 10.2. The molecule has 9 aromatic rings. The van der Waals surface area contributed by atoms with E-state index in [1.807, 2.05) is 73.1 Å². The van der Waals surface area contributed by atoms with Gasteiger partial charge in [-0.15, -0.1) is 0 Å². The molecule has 0 aliphatic carbocycles. The minimum absolute atomic E-state index is 0.671. The average molecular weight is 601 g/mol. The van der Waals surface area contributed by atoms with Crippen molar-refractivity contribution in [3.05, 3.63) is 152 Å². The summed E-state index contributed by atoms with van der Waals surface area (Å²) in [4.78, 5) is 19.2. The number of aromatic nitrogens is 5. The molecule has 0 saturated carbocycles. The van der Waals surface area contributed by atoms with Crippen LogP contribution in [0.15, 0.2) is 146 Å². The van der Waals surface area contributed by atoms with E-state index in [-0.39, 0.29) is 0 Å². The van der Waals surface area contributed by atoms with Crippen LogP contribution in [0.25, 0.3) is 82.9 Å². The van der Waals surface area contributed by atoms with Crippen molar-refractivity contribution in [2.75, 3.05) is 0 Å². The first-order valence-electron chi connectivity index (χ1n) is 15.4. The number of para-hydroxylation sites is 1. The summed E-state index contributed by atoms with van der Waals surface area (Å²) < 4.78 is 2.11. The zero-order chi connectivity index (χ0) is 31.3. The largest absolute Gasteiger partial charge is 0.278 e. The highest BCUT2D eigenvalue weighted by molar-refractivity contribution is 6.16. The van der Waals surface area contributed by atoms with Crippen LogP contribution < -0.4 is 0 Å². The summed E-state index contributed by atoms with van der Waals surface area (Å²) in [5, 5.41) is 16.2. The summed E-state index contributed by atoms with van der Waals surface area (Å²) in [5.74, 6) is 0.798. The molecule has 5 aromatic heterocycles. The Morgan fingerprint density at radius 2 is 1.19 bits per heavy atom. The van der Waals surface area contributed by atoms with Crippen molar-refractivity contribution < 1.29 is 0 Å². The van der Waals surface area contributed by atoms with E-state index in [0.717, 1.165) is 82.9 Å². The zero-order valence-corrected chi connectivity index (χ0v) is 25.0. The van der Waals surface area contributed by atoms with Crippen molar-refractivity contribution in [2.45, 2.75) is 0 Å². The fraction of sp³-hybridized carbons (Fsp3) is 0. The normalized spacial score (nSPS) is 11.4. The van der Waals surface area contributed by atoms with Gasteiger partial charge >= 0.3 is 0 Å². The molecule has 0 spiro atoms. The van der Waals surface area contributed by atoms with Crippen LogP contribution in [0.4, 0.5) is 0 Å². The van der Waals surface area contributed by atoms with Gasteiger partial charge in [0.1, 0.15) is 17.5 Å². The molecular weight excluding hydrogens is 576 g/mol. The molecule has 6 heteroatoms. The highest BCUT2D eigenvalue weighted by atomic mass is 15.1. The number of fused-ring (bicyclic) bond motifs is 5. The minimum Gasteiger partial charge on any atom is -0.278 e. The fourth-order valence-corrected chi connectivity index (χ4v) is 6.74. The van der Waals surface area contributed by atoms with Crippen LogP contribution in [0.5, 0.6) is 0 Å². The van der Waals surface area contributed by atoms with E-state index in [1.54, 1.807) is 12.4 Å². The molecule has 0 unspecified atom stereocenters. The lowest BCUT2D eigenvalue weighted by Crippen LogP contribution is -1.99. The van der Waals surface area contributed by atoms with Crippen molar-refractivity contribution in [3.63, 3.8) is 0 Å². The van der Waals surface area contributed by atoms with Gasteiger partial charge in [-0.05, 0) is 70.9 Å². The van der Waals surface area contributed by atoms with Crippen molar-refractivity contribution in [3.8, 4) is 45.5 Å². The second kappa shape index (κ2) is 10.7. The fourth-order valence-electron chi connectivity index (χ4n) is 6.74. The van der Waals surface area contributed by atoms with Gasteiger partial charge in [0.2, 0.25) is 0 Å². The molecule has 0 aliphatic heterocycles. The van der Waals surface area contributed by atoms with E-state index in [0.29, 0.717) is 5.56 Å². The van der Waals surface area contributed by atoms with Gasteiger partial charge in [0.15, 0.2) is 0 Å². The van der Waals surface area contributed by atoms with Crippen molar-refractivity contribution in [1.29, 1.82) is 5.26 Å². The van der Waals surface area contributed by atoms with Gasteiger partial charge in [-0.25, -0.2) is 15.0 Å². The van der Waals surface area contributed by atoms with Crippen molar-refractivity contribution in [2.24, 2.45) is 0 Å². The van der Waals surface area contributed by atoms with Crippen LogP contribution in [0.2, 0.25) is 0 Å². The maximum absolute atomic E-state index is 10.2. The molecule has 0 amide bonds. The number of rotatable bonds is 4. The first kappa shape index (κ1) is 26.7. The minimum atomic E-state index is 0.671. The first-order chi connectivity index (χ1) is 23.3. The first-order valence-corrected chi connectivity index (χ1v) is 15.4. The third kappa shape index (κ3) is 4.26. The van der Waals surface area contributed by atoms with E-state index in [4.69, 9.17) is 15.0 Å². The molecule has 5 heterocycles. The molecule has 0 radical (unpaired) electrons. The summed E-state index contributed by atoms with van der Waals surface area (Å²) in [7, 11) is 0. The van der Waals surface area contributed by atoms with Crippen molar-refractivity contribution >= 4 is 43.5 Å². The predicted molar refractivity (Wildman–Crippen MR) is 188 cm³/mol. The quantitative estimate of drug-likeness (QED) is 0.188. The average Bonchev–Trinajstić information content (AvgIpc) is 3.48. The van der Waals surface area contributed by atoms with Gasteiger partial charge in [-0.3, -0.25) is 9.55 Å². The topological polar surface area (TPSA) is 80.3 Å². The molecule has 0 saturated heterocycles. The zero-order valence-electron chi connectivity index (χ0n) is 25.0. The van der Waals surface area contributed by atoms with Crippen LogP contribution in [0, 0.1) is 11.3 Å². The van der Waals surface area contributed by atoms with Crippen LogP contribution >= 0.6 is 0 Å². The molecule has 0 N–H and O–H groups in total. The number of nitriles is 1. The number of benzene rings is 4. The van der Waals surface area contributed by atoms with Gasteiger partial charge < -0.3 is 0 Å². The number of hydrogen-bond donors (Lipinski definition) is 0. The summed E-state index contributed by atoms with van der Waals surface area (Å²) in [5.41, 5.74) is 8.16. The van der Waals surface area contributed by atoms with Gasteiger partial charge in [0.25, 0.3) is 0 Å². The lowest BCUT2D eigenvalue weighted by Gasteiger charge is -2.16. The standard InChI is InChI=1S/C41H24N6/c42-24-35-29-8-1-3-11-32(29)40(33-12-4-2-9-30(33)35)37-23-28(22-36(46-37)26-17-20-43-21-18-26)27-15-16-39(45-25-27)47-38-14-6-5-10-31(38)34-13-7-19-44-41(34)47/h1-23,25H. The molecule has 0 aliphatic rings. The van der Waals surface area contributed by atoms with E-state index >= 15 is 0 Å². The van der Waals surface area contributed by atoms with Crippen LogP contribution in [-0.4, -0.2) is 24.5 Å². The number of nitrogens with zero attached hydrogens (tertiary/aromatic N) is 6. The Hall–Kier alpha value is -6.71. The highest BCUT2D eigenvalue weighted by Gasteiger charge is 2.19. The highest BCUT2D eigenvalue weighted by Crippen LogP contribution is 2.40. The van der Waals surface area contributed by atoms with E-state index in [9.17, 15) is 5.26 Å². The van der Waals surface area contributed by atoms with Crippen molar-refractivity contribution in [1.82, 2.24) is 24.5 Å². The molecule has 0 fully saturated rings. The Bertz CT molecular complexity index is 2580. The second-order valence-electron chi connectivity index (χ2n) is 11.4. The molecular formula is C41H24N6. The smallest absolute Gasteiger partial charge is 0.146 e.